The summed E-state index contributed by atoms with van der Waals surface area (Å²) in [5, 5.41) is 19.7. The van der Waals surface area contributed by atoms with Crippen LogP contribution in [0.1, 0.15) is 26.7 Å². The Kier molecular flexibility index (Phi) is 3.94. The van der Waals surface area contributed by atoms with Gasteiger partial charge in [-0.05, 0) is 26.7 Å². The Morgan fingerprint density at radius 2 is 1.95 bits per heavy atom. The van der Waals surface area contributed by atoms with Gasteiger partial charge in [0.05, 0.1) is 11.8 Å². The van der Waals surface area contributed by atoms with Crippen LogP contribution in [-0.4, -0.2) is 27.2 Å². The smallest absolute Gasteiger partial charge is 0.307 e. The number of hydrogen-bond acceptors (Lipinski definition) is 5. The van der Waals surface area contributed by atoms with E-state index in [1.165, 1.54) is 16.8 Å². The van der Waals surface area contributed by atoms with Crippen LogP contribution in [0.3, 0.4) is 0 Å². The zero-order chi connectivity index (χ0) is 14.0. The molecule has 1 aliphatic rings. The molecule has 1 amide bonds. The second-order valence-electron chi connectivity index (χ2n) is 4.75. The summed E-state index contributed by atoms with van der Waals surface area (Å²) >= 11 is 1.21. The van der Waals surface area contributed by atoms with Crippen LogP contribution >= 0.6 is 11.3 Å². The van der Waals surface area contributed by atoms with Gasteiger partial charge in [-0.15, -0.1) is 10.2 Å². The van der Waals surface area contributed by atoms with Gasteiger partial charge >= 0.3 is 5.97 Å². The number of carboxylic acid groups (broad SMARTS) is 1. The van der Waals surface area contributed by atoms with Crippen molar-refractivity contribution in [1.29, 1.82) is 0 Å². The highest BCUT2D eigenvalue weighted by Crippen LogP contribution is 2.35. The maximum Gasteiger partial charge on any atom is 0.307 e. The minimum Gasteiger partial charge on any atom is -0.481 e. The van der Waals surface area contributed by atoms with Gasteiger partial charge in [0.2, 0.25) is 11.0 Å². The molecule has 0 saturated heterocycles. The van der Waals surface area contributed by atoms with Crippen molar-refractivity contribution in [3.8, 4) is 0 Å². The maximum atomic E-state index is 12.2. The van der Waals surface area contributed by atoms with E-state index in [0.29, 0.717) is 18.0 Å². The minimum atomic E-state index is -0.927. The van der Waals surface area contributed by atoms with Crippen LogP contribution in [0.4, 0.5) is 5.13 Å². The largest absolute Gasteiger partial charge is 0.481 e. The van der Waals surface area contributed by atoms with Gasteiger partial charge in [0, 0.05) is 0 Å². The van der Waals surface area contributed by atoms with Crippen molar-refractivity contribution in [3.63, 3.8) is 0 Å². The highest BCUT2D eigenvalue weighted by Gasteiger charge is 2.37. The number of carbonyl (C=O) groups excluding carboxylic acids is 1. The molecule has 1 aromatic rings. The molecule has 7 heteroatoms. The molecule has 0 spiro atoms. The molecule has 0 fully saturated rings. The van der Waals surface area contributed by atoms with E-state index in [2.05, 4.69) is 15.5 Å². The first-order chi connectivity index (χ1) is 8.99. The van der Waals surface area contributed by atoms with Crippen LogP contribution in [0.2, 0.25) is 0 Å². The summed E-state index contributed by atoms with van der Waals surface area (Å²) in [7, 11) is 0. The predicted octanol–water partition coefficient (Wildman–Crippen LogP) is 1.92. The van der Waals surface area contributed by atoms with E-state index in [4.69, 9.17) is 0 Å². The molecule has 0 radical (unpaired) electrons. The third kappa shape index (κ3) is 2.98. The molecule has 1 aliphatic carbocycles. The number of nitrogens with one attached hydrogen (secondary N) is 1. The number of amides is 1. The van der Waals surface area contributed by atoms with Crippen LogP contribution in [0.5, 0.6) is 0 Å². The normalized spacial score (nSPS) is 23.3. The lowest BCUT2D eigenvalue weighted by Gasteiger charge is -2.29. The lowest BCUT2D eigenvalue weighted by molar-refractivity contribution is -0.146. The summed E-state index contributed by atoms with van der Waals surface area (Å²) in [4.78, 5) is 23.5. The Labute approximate surface area is 114 Å². The van der Waals surface area contributed by atoms with E-state index < -0.39 is 17.8 Å². The average molecular weight is 281 g/mol. The fourth-order valence-corrected chi connectivity index (χ4v) is 2.70. The van der Waals surface area contributed by atoms with Gasteiger partial charge in [-0.25, -0.2) is 0 Å². The van der Waals surface area contributed by atoms with Gasteiger partial charge in [-0.3, -0.25) is 9.59 Å². The molecule has 1 heterocycles. The molecule has 0 aromatic carbocycles. The molecule has 2 N–H and O–H groups in total. The first-order valence-electron chi connectivity index (χ1n) is 5.94. The van der Waals surface area contributed by atoms with Gasteiger partial charge < -0.3 is 10.4 Å². The van der Waals surface area contributed by atoms with Crippen molar-refractivity contribution >= 4 is 28.3 Å². The van der Waals surface area contributed by atoms with Crippen molar-refractivity contribution in [2.24, 2.45) is 11.8 Å². The monoisotopic (exact) mass is 281 g/mol. The molecule has 2 atom stereocenters. The molecule has 1 aromatic heterocycles. The van der Waals surface area contributed by atoms with E-state index >= 15 is 0 Å². The van der Waals surface area contributed by atoms with Crippen LogP contribution in [0.15, 0.2) is 16.7 Å². The van der Waals surface area contributed by atoms with Crippen LogP contribution in [0.25, 0.3) is 0 Å². The number of aromatic nitrogens is 2. The number of allylic oxidation sites excluding steroid dienone is 2. The fraction of sp³-hybridized carbons (Fsp3) is 0.500. The quantitative estimate of drug-likeness (QED) is 0.826. The fourth-order valence-electron chi connectivity index (χ4n) is 2.25. The molecular weight excluding hydrogens is 266 g/mol. The van der Waals surface area contributed by atoms with E-state index in [1.807, 2.05) is 13.8 Å². The van der Waals surface area contributed by atoms with Crippen molar-refractivity contribution in [1.82, 2.24) is 10.2 Å². The SMILES string of the molecule is CC1=C(C)C[C@@H](C(=O)Nc2nncs2)[C@H](C(=O)O)C1. The first kappa shape index (κ1) is 13.7. The Morgan fingerprint density at radius 1 is 1.32 bits per heavy atom. The molecule has 102 valence electrons. The van der Waals surface area contributed by atoms with Crippen molar-refractivity contribution in [2.75, 3.05) is 5.32 Å². The van der Waals surface area contributed by atoms with Crippen molar-refractivity contribution < 1.29 is 14.7 Å². The Morgan fingerprint density at radius 3 is 2.47 bits per heavy atom. The average Bonchev–Trinajstić information content (AvgIpc) is 2.84. The summed E-state index contributed by atoms with van der Waals surface area (Å²) < 4.78 is 0. The second-order valence-corrected chi connectivity index (χ2v) is 5.59. The van der Waals surface area contributed by atoms with E-state index in [-0.39, 0.29) is 5.91 Å². The highest BCUT2D eigenvalue weighted by molar-refractivity contribution is 7.13. The van der Waals surface area contributed by atoms with Gasteiger partial charge in [0.25, 0.3) is 0 Å². The van der Waals surface area contributed by atoms with Gasteiger partial charge in [0.1, 0.15) is 5.51 Å². The third-order valence-electron chi connectivity index (χ3n) is 3.51. The Hall–Kier alpha value is -1.76. The predicted molar refractivity (Wildman–Crippen MR) is 70.8 cm³/mol. The third-order valence-corrected chi connectivity index (χ3v) is 4.12. The Balaban J connectivity index is 2.16. The minimum absolute atomic E-state index is 0.295. The lowest BCUT2D eigenvalue weighted by Crippen LogP contribution is -2.36. The molecule has 6 nitrogen and oxygen atoms in total. The maximum absolute atomic E-state index is 12.2. The first-order valence-corrected chi connectivity index (χ1v) is 6.82. The summed E-state index contributed by atoms with van der Waals surface area (Å²) in [6.07, 6.45) is 0.906. The number of rotatable bonds is 3. The summed E-state index contributed by atoms with van der Waals surface area (Å²) in [5.41, 5.74) is 3.67. The number of aliphatic carboxylic acids is 1. The van der Waals surface area contributed by atoms with E-state index in [0.717, 1.165) is 11.1 Å². The zero-order valence-electron chi connectivity index (χ0n) is 10.7. The standard InChI is InChI=1S/C12H15N3O3S/c1-6-3-8(9(11(17)18)4-7(6)2)10(16)14-12-15-13-5-19-12/h5,8-9H,3-4H2,1-2H3,(H,17,18)(H,14,15,16)/t8-,9-/m1/s1. The molecule has 0 bridgehead atoms. The molecule has 2 rings (SSSR count). The molecular formula is C12H15N3O3S. The summed E-state index contributed by atoms with van der Waals surface area (Å²) in [6, 6.07) is 0. The number of carboxylic acids is 1. The van der Waals surface area contributed by atoms with Crippen LogP contribution < -0.4 is 5.32 Å². The lowest BCUT2D eigenvalue weighted by atomic mass is 9.76. The van der Waals surface area contributed by atoms with Gasteiger partial charge in [0.15, 0.2) is 0 Å². The number of nitrogens with zero attached hydrogens (tertiary/aromatic N) is 2. The van der Waals surface area contributed by atoms with Gasteiger partial charge in [-0.1, -0.05) is 22.5 Å². The summed E-state index contributed by atoms with van der Waals surface area (Å²) in [6.45, 7) is 3.86. The van der Waals surface area contributed by atoms with Crippen LogP contribution in [0, 0.1) is 11.8 Å². The number of hydrogen-bond donors (Lipinski definition) is 2. The molecule has 0 aliphatic heterocycles. The number of anilines is 1. The second kappa shape index (κ2) is 5.48. The molecule has 19 heavy (non-hydrogen) atoms. The van der Waals surface area contributed by atoms with E-state index in [9.17, 15) is 14.7 Å². The topological polar surface area (TPSA) is 92.2 Å². The van der Waals surface area contributed by atoms with Crippen molar-refractivity contribution in [2.45, 2.75) is 26.7 Å². The summed E-state index contributed by atoms with van der Waals surface area (Å²) in [5.74, 6) is -2.44. The van der Waals surface area contributed by atoms with E-state index in [1.54, 1.807) is 0 Å². The highest BCUT2D eigenvalue weighted by atomic mass is 32.1. The van der Waals surface area contributed by atoms with Gasteiger partial charge in [-0.2, -0.15) is 0 Å². The number of carbonyl (C=O) groups is 2. The van der Waals surface area contributed by atoms with Crippen LogP contribution in [-0.2, 0) is 9.59 Å². The molecule has 0 unspecified atom stereocenters. The zero-order valence-corrected chi connectivity index (χ0v) is 11.5. The van der Waals surface area contributed by atoms with Crippen molar-refractivity contribution in [3.05, 3.63) is 16.7 Å². The molecule has 0 saturated carbocycles. The Bertz CT molecular complexity index is 524.